The van der Waals surface area contributed by atoms with Crippen LogP contribution in [0.3, 0.4) is 0 Å². The Labute approximate surface area is 111 Å². The van der Waals surface area contributed by atoms with Gasteiger partial charge in [0.25, 0.3) is 0 Å². The van der Waals surface area contributed by atoms with Gasteiger partial charge in [0.1, 0.15) is 5.82 Å². The van der Waals surface area contributed by atoms with E-state index in [0.717, 1.165) is 24.0 Å². The quantitative estimate of drug-likeness (QED) is 0.669. The molecule has 0 fully saturated rings. The van der Waals surface area contributed by atoms with Gasteiger partial charge in [0.15, 0.2) is 6.29 Å². The minimum absolute atomic E-state index is 0.638. The fraction of sp³-hybridized carbons (Fsp3) is 0.125. The zero-order valence-electron chi connectivity index (χ0n) is 10.7. The highest BCUT2D eigenvalue weighted by atomic mass is 16.1. The Morgan fingerprint density at radius 1 is 1.16 bits per heavy atom. The summed E-state index contributed by atoms with van der Waals surface area (Å²) in [5.41, 5.74) is 4.06. The lowest BCUT2D eigenvalue weighted by molar-refractivity contribution is 0.111. The molecule has 3 heteroatoms. The number of hydrogen-bond donors (Lipinski definition) is 0. The first-order valence-electron chi connectivity index (χ1n) is 6.24. The first-order valence-corrected chi connectivity index (χ1v) is 6.24. The molecule has 0 aliphatic carbocycles. The van der Waals surface area contributed by atoms with E-state index in [1.807, 2.05) is 34.7 Å². The van der Waals surface area contributed by atoms with E-state index in [4.69, 9.17) is 0 Å². The summed E-state index contributed by atoms with van der Waals surface area (Å²) in [7, 11) is 0. The van der Waals surface area contributed by atoms with Gasteiger partial charge in [-0.3, -0.25) is 9.20 Å². The smallest absolute Gasteiger partial charge is 0.166 e. The fourth-order valence-electron chi connectivity index (χ4n) is 2.34. The van der Waals surface area contributed by atoms with Gasteiger partial charge in [-0.05, 0) is 30.2 Å². The van der Waals surface area contributed by atoms with Gasteiger partial charge in [-0.15, -0.1) is 0 Å². The van der Waals surface area contributed by atoms with E-state index in [-0.39, 0.29) is 0 Å². The molecule has 0 aliphatic rings. The zero-order chi connectivity index (χ0) is 13.2. The van der Waals surface area contributed by atoms with Crippen molar-refractivity contribution in [1.82, 2.24) is 9.38 Å². The Kier molecular flexibility index (Phi) is 2.88. The lowest BCUT2D eigenvalue weighted by Crippen LogP contribution is -2.02. The molecule has 94 valence electrons. The highest BCUT2D eigenvalue weighted by molar-refractivity contribution is 5.74. The van der Waals surface area contributed by atoms with Gasteiger partial charge in [0, 0.05) is 6.42 Å². The van der Waals surface area contributed by atoms with Gasteiger partial charge in [0.2, 0.25) is 0 Å². The number of aryl methyl sites for hydroxylation is 1. The fourth-order valence-corrected chi connectivity index (χ4v) is 2.34. The highest BCUT2D eigenvalue weighted by Crippen LogP contribution is 2.16. The monoisotopic (exact) mass is 250 g/mol. The molecule has 0 aliphatic heterocycles. The van der Waals surface area contributed by atoms with Crippen LogP contribution in [0.1, 0.15) is 27.4 Å². The zero-order valence-corrected chi connectivity index (χ0v) is 10.7. The molecule has 0 unspecified atom stereocenters. The number of nitrogens with zero attached hydrogens (tertiary/aromatic N) is 2. The molecule has 2 heterocycles. The molecular weight excluding hydrogens is 236 g/mol. The van der Waals surface area contributed by atoms with Crippen LogP contribution in [0.4, 0.5) is 0 Å². The maximum Gasteiger partial charge on any atom is 0.166 e. The number of rotatable bonds is 3. The van der Waals surface area contributed by atoms with Crippen molar-refractivity contribution in [2.75, 3.05) is 0 Å². The van der Waals surface area contributed by atoms with Crippen LogP contribution in [0.25, 0.3) is 5.52 Å². The van der Waals surface area contributed by atoms with E-state index in [1.165, 1.54) is 11.1 Å². The molecule has 3 rings (SSSR count). The van der Waals surface area contributed by atoms with Gasteiger partial charge in [-0.25, -0.2) is 4.98 Å². The second-order valence-electron chi connectivity index (χ2n) is 4.61. The third kappa shape index (κ3) is 2.03. The van der Waals surface area contributed by atoms with E-state index in [0.29, 0.717) is 5.69 Å². The Bertz CT molecular complexity index is 743. The second kappa shape index (κ2) is 4.69. The number of benzene rings is 1. The first kappa shape index (κ1) is 11.7. The summed E-state index contributed by atoms with van der Waals surface area (Å²) in [6.45, 7) is 2.09. The van der Waals surface area contributed by atoms with Crippen LogP contribution in [-0.4, -0.2) is 15.7 Å². The molecule has 0 atom stereocenters. The third-order valence-corrected chi connectivity index (χ3v) is 3.38. The lowest BCUT2D eigenvalue weighted by Gasteiger charge is -2.06. The van der Waals surface area contributed by atoms with Crippen molar-refractivity contribution in [3.8, 4) is 0 Å². The molecule has 0 saturated carbocycles. The average molecular weight is 250 g/mol. The van der Waals surface area contributed by atoms with E-state index in [9.17, 15) is 4.79 Å². The predicted octanol–water partition coefficient (Wildman–Crippen LogP) is 3.05. The maximum absolute atomic E-state index is 11.1. The lowest BCUT2D eigenvalue weighted by atomic mass is 10.1. The van der Waals surface area contributed by atoms with E-state index in [1.54, 1.807) is 6.20 Å². The number of aromatic nitrogens is 2. The van der Waals surface area contributed by atoms with Crippen LogP contribution < -0.4 is 0 Å². The predicted molar refractivity (Wildman–Crippen MR) is 74.6 cm³/mol. The molecule has 1 aromatic carbocycles. The summed E-state index contributed by atoms with van der Waals surface area (Å²) < 4.78 is 1.92. The molecule has 19 heavy (non-hydrogen) atoms. The van der Waals surface area contributed by atoms with Crippen molar-refractivity contribution < 1.29 is 4.79 Å². The van der Waals surface area contributed by atoms with E-state index in [2.05, 4.69) is 24.0 Å². The Morgan fingerprint density at radius 2 is 2.00 bits per heavy atom. The van der Waals surface area contributed by atoms with Gasteiger partial charge in [-0.1, -0.05) is 30.3 Å². The number of pyridine rings is 1. The van der Waals surface area contributed by atoms with Gasteiger partial charge < -0.3 is 0 Å². The Morgan fingerprint density at radius 3 is 2.79 bits per heavy atom. The summed E-state index contributed by atoms with van der Waals surface area (Å²) in [5.74, 6) is 0.895. The SMILES string of the molecule is Cc1ccccc1Cc1ncc2cccc(C=O)n12. The van der Waals surface area contributed by atoms with Crippen molar-refractivity contribution in [3.63, 3.8) is 0 Å². The molecule has 0 saturated heterocycles. The number of carbonyl (C=O) groups is 1. The minimum Gasteiger partial charge on any atom is -0.296 e. The number of hydrogen-bond acceptors (Lipinski definition) is 2. The molecule has 2 aromatic heterocycles. The maximum atomic E-state index is 11.1. The molecule has 0 spiro atoms. The summed E-state index contributed by atoms with van der Waals surface area (Å²) in [6, 6.07) is 13.9. The van der Waals surface area contributed by atoms with E-state index < -0.39 is 0 Å². The van der Waals surface area contributed by atoms with Gasteiger partial charge >= 0.3 is 0 Å². The molecule has 0 radical (unpaired) electrons. The number of imidazole rings is 1. The van der Waals surface area contributed by atoms with Crippen LogP contribution in [0.15, 0.2) is 48.7 Å². The largest absolute Gasteiger partial charge is 0.296 e. The number of fused-ring (bicyclic) bond motifs is 1. The molecule has 0 N–H and O–H groups in total. The molecule has 3 nitrogen and oxygen atoms in total. The molecule has 0 amide bonds. The standard InChI is InChI=1S/C16H14N2O/c1-12-5-2-3-6-13(12)9-16-17-10-14-7-4-8-15(11-19)18(14)16/h2-8,10-11H,9H2,1H3. The average Bonchev–Trinajstić information content (AvgIpc) is 2.85. The molecule has 3 aromatic rings. The Hall–Kier alpha value is -2.42. The van der Waals surface area contributed by atoms with Crippen LogP contribution in [0, 0.1) is 6.92 Å². The minimum atomic E-state index is 0.638. The summed E-state index contributed by atoms with van der Waals surface area (Å²) >= 11 is 0. The summed E-state index contributed by atoms with van der Waals surface area (Å²) in [5, 5.41) is 0. The summed E-state index contributed by atoms with van der Waals surface area (Å²) in [6.07, 6.45) is 3.41. The number of aldehydes is 1. The van der Waals surface area contributed by atoms with Crippen LogP contribution >= 0.6 is 0 Å². The molecular formula is C16H14N2O. The number of carbonyl (C=O) groups excluding carboxylic acids is 1. The van der Waals surface area contributed by atoms with Crippen molar-refractivity contribution in [2.45, 2.75) is 13.3 Å². The van der Waals surface area contributed by atoms with Crippen molar-refractivity contribution >= 4 is 11.8 Å². The van der Waals surface area contributed by atoms with Gasteiger partial charge in [0.05, 0.1) is 17.4 Å². The topological polar surface area (TPSA) is 34.4 Å². The van der Waals surface area contributed by atoms with Crippen molar-refractivity contribution in [3.05, 3.63) is 71.3 Å². The van der Waals surface area contributed by atoms with Gasteiger partial charge in [-0.2, -0.15) is 0 Å². The van der Waals surface area contributed by atoms with Crippen molar-refractivity contribution in [1.29, 1.82) is 0 Å². The molecule has 0 bridgehead atoms. The Balaban J connectivity index is 2.11. The van der Waals surface area contributed by atoms with E-state index >= 15 is 0 Å². The normalized spacial score (nSPS) is 10.8. The van der Waals surface area contributed by atoms with Crippen LogP contribution in [-0.2, 0) is 6.42 Å². The van der Waals surface area contributed by atoms with Crippen LogP contribution in [0.2, 0.25) is 0 Å². The summed E-state index contributed by atoms with van der Waals surface area (Å²) in [4.78, 5) is 15.6. The van der Waals surface area contributed by atoms with Crippen LogP contribution in [0.5, 0.6) is 0 Å². The third-order valence-electron chi connectivity index (χ3n) is 3.38. The van der Waals surface area contributed by atoms with Crippen molar-refractivity contribution in [2.24, 2.45) is 0 Å². The highest BCUT2D eigenvalue weighted by Gasteiger charge is 2.08. The second-order valence-corrected chi connectivity index (χ2v) is 4.61. The first-order chi connectivity index (χ1) is 9.29.